The van der Waals surface area contributed by atoms with Gasteiger partial charge in [0.05, 0.1) is 17.8 Å². The predicted molar refractivity (Wildman–Crippen MR) is 119 cm³/mol. The molecule has 4 rings (SSSR count). The van der Waals surface area contributed by atoms with Crippen molar-refractivity contribution in [2.75, 3.05) is 30.3 Å². The Balaban J connectivity index is 1.46. The zero-order valence-corrected chi connectivity index (χ0v) is 18.4. The summed E-state index contributed by atoms with van der Waals surface area (Å²) in [6, 6.07) is 6.10. The van der Waals surface area contributed by atoms with Gasteiger partial charge in [-0.2, -0.15) is 4.98 Å². The van der Waals surface area contributed by atoms with Crippen LogP contribution < -0.4 is 16.0 Å². The van der Waals surface area contributed by atoms with Crippen LogP contribution in [0, 0.1) is 5.92 Å². The van der Waals surface area contributed by atoms with Crippen LogP contribution in [-0.4, -0.2) is 50.5 Å². The number of carbonyl (C=O) groups excluding carboxylic acids is 1. The minimum atomic E-state index is 0.115. The van der Waals surface area contributed by atoms with Crippen molar-refractivity contribution >= 4 is 44.5 Å². The van der Waals surface area contributed by atoms with E-state index in [0.717, 1.165) is 47.1 Å². The van der Waals surface area contributed by atoms with E-state index in [4.69, 9.17) is 9.97 Å². The van der Waals surface area contributed by atoms with Crippen LogP contribution >= 0.6 is 15.9 Å². The van der Waals surface area contributed by atoms with E-state index < -0.39 is 0 Å². The number of aromatic nitrogens is 5. The molecule has 0 spiro atoms. The van der Waals surface area contributed by atoms with Gasteiger partial charge in [-0.1, -0.05) is 11.3 Å². The molecule has 3 aromatic rings. The molecule has 1 amide bonds. The number of fused-ring (bicyclic) bond motifs is 1. The average molecular weight is 473 g/mol. The van der Waals surface area contributed by atoms with Gasteiger partial charge in [-0.3, -0.25) is 4.79 Å². The van der Waals surface area contributed by atoms with Crippen molar-refractivity contribution in [1.82, 2.24) is 30.3 Å². The number of benzene rings is 1. The molecule has 1 aliphatic rings. The van der Waals surface area contributed by atoms with Gasteiger partial charge in [0, 0.05) is 42.1 Å². The molecule has 3 heterocycles. The van der Waals surface area contributed by atoms with Gasteiger partial charge in [-0.05, 0) is 53.7 Å². The molecule has 2 aromatic heterocycles. The van der Waals surface area contributed by atoms with E-state index in [1.807, 2.05) is 24.4 Å². The molecular weight excluding hydrogens is 448 g/mol. The number of rotatable bonds is 8. The fourth-order valence-electron chi connectivity index (χ4n) is 3.54. The fourth-order valence-corrected chi connectivity index (χ4v) is 4.00. The standard InChI is InChI=1S/C20H25BrN8O/c1-13(29-10-9-25-28-29)11-24-20-26-18-15(3-2-4-16(18)21)19(27-20)22-8-7-14-5-6-17(30)23-12-14/h2-4,9-10,13-14H,5-8,11-12H2,1H3,(H,23,30)(H2,22,24,26,27)/t13-,14?/m1/s1. The summed E-state index contributed by atoms with van der Waals surface area (Å²) >= 11 is 3.60. The summed E-state index contributed by atoms with van der Waals surface area (Å²) < 4.78 is 2.72. The van der Waals surface area contributed by atoms with E-state index in [0.29, 0.717) is 24.8 Å². The minimum absolute atomic E-state index is 0.115. The van der Waals surface area contributed by atoms with Gasteiger partial charge in [0.15, 0.2) is 0 Å². The van der Waals surface area contributed by atoms with Crippen LogP contribution in [0.5, 0.6) is 0 Å². The van der Waals surface area contributed by atoms with Crippen LogP contribution in [0.3, 0.4) is 0 Å². The van der Waals surface area contributed by atoms with Crippen molar-refractivity contribution in [3.63, 3.8) is 0 Å². The highest BCUT2D eigenvalue weighted by molar-refractivity contribution is 9.10. The molecule has 158 valence electrons. The highest BCUT2D eigenvalue weighted by Crippen LogP contribution is 2.28. The van der Waals surface area contributed by atoms with E-state index in [-0.39, 0.29) is 11.9 Å². The topological polar surface area (TPSA) is 110 Å². The van der Waals surface area contributed by atoms with Gasteiger partial charge >= 0.3 is 0 Å². The van der Waals surface area contributed by atoms with E-state index in [1.165, 1.54) is 0 Å². The molecule has 3 N–H and O–H groups in total. The Morgan fingerprint density at radius 2 is 2.23 bits per heavy atom. The fraction of sp³-hybridized carbons (Fsp3) is 0.450. The Labute approximate surface area is 183 Å². The number of nitrogens with zero attached hydrogens (tertiary/aromatic N) is 5. The zero-order valence-electron chi connectivity index (χ0n) is 16.8. The number of carbonyl (C=O) groups is 1. The van der Waals surface area contributed by atoms with Crippen molar-refractivity contribution in [3.8, 4) is 0 Å². The van der Waals surface area contributed by atoms with Crippen molar-refractivity contribution < 1.29 is 4.79 Å². The minimum Gasteiger partial charge on any atom is -0.369 e. The zero-order chi connectivity index (χ0) is 20.9. The number of hydrogen-bond acceptors (Lipinski definition) is 7. The first-order chi connectivity index (χ1) is 14.6. The Hall–Kier alpha value is -2.75. The maximum Gasteiger partial charge on any atom is 0.225 e. The maximum atomic E-state index is 11.3. The lowest BCUT2D eigenvalue weighted by Crippen LogP contribution is -2.35. The lowest BCUT2D eigenvalue weighted by atomic mass is 9.96. The Bertz CT molecular complexity index is 999. The molecule has 10 heteroatoms. The van der Waals surface area contributed by atoms with E-state index in [2.05, 4.69) is 49.1 Å². The third kappa shape index (κ3) is 4.86. The molecule has 1 saturated heterocycles. The van der Waals surface area contributed by atoms with Crippen molar-refractivity contribution in [2.24, 2.45) is 5.92 Å². The summed E-state index contributed by atoms with van der Waals surface area (Å²) in [5, 5.41) is 18.6. The van der Waals surface area contributed by atoms with Gasteiger partial charge < -0.3 is 16.0 Å². The second-order valence-electron chi connectivity index (χ2n) is 7.57. The van der Waals surface area contributed by atoms with E-state index in [9.17, 15) is 4.79 Å². The van der Waals surface area contributed by atoms with Crippen LogP contribution in [0.2, 0.25) is 0 Å². The Morgan fingerprint density at radius 3 is 3.00 bits per heavy atom. The Morgan fingerprint density at radius 1 is 1.33 bits per heavy atom. The summed E-state index contributed by atoms with van der Waals surface area (Å²) in [6.45, 7) is 4.22. The molecule has 9 nitrogen and oxygen atoms in total. The number of piperidine rings is 1. The average Bonchev–Trinajstić information content (AvgIpc) is 3.29. The lowest BCUT2D eigenvalue weighted by molar-refractivity contribution is -0.122. The predicted octanol–water partition coefficient (Wildman–Crippen LogP) is 2.99. The SMILES string of the molecule is C[C@H](CNc1nc(NCCC2CCC(=O)NC2)c2cccc(Br)c2n1)n1ccnn1. The van der Waals surface area contributed by atoms with Gasteiger partial charge in [0.1, 0.15) is 5.82 Å². The largest absolute Gasteiger partial charge is 0.369 e. The highest BCUT2D eigenvalue weighted by atomic mass is 79.9. The highest BCUT2D eigenvalue weighted by Gasteiger charge is 2.18. The second kappa shape index (κ2) is 9.38. The summed E-state index contributed by atoms with van der Waals surface area (Å²) in [7, 11) is 0. The third-order valence-corrected chi connectivity index (χ3v) is 5.98. The van der Waals surface area contributed by atoms with Crippen molar-refractivity contribution in [1.29, 1.82) is 0 Å². The van der Waals surface area contributed by atoms with Gasteiger partial charge in [0.25, 0.3) is 0 Å². The summed E-state index contributed by atoms with van der Waals surface area (Å²) in [5.74, 6) is 2.02. The van der Waals surface area contributed by atoms with Crippen LogP contribution in [0.4, 0.5) is 11.8 Å². The molecule has 1 aromatic carbocycles. The number of anilines is 2. The van der Waals surface area contributed by atoms with Crippen molar-refractivity contribution in [3.05, 3.63) is 35.1 Å². The van der Waals surface area contributed by atoms with Crippen LogP contribution in [-0.2, 0) is 4.79 Å². The third-order valence-electron chi connectivity index (χ3n) is 5.34. The Kier molecular flexibility index (Phi) is 6.41. The normalized spacial score (nSPS) is 17.5. The number of para-hydroxylation sites is 1. The maximum absolute atomic E-state index is 11.3. The summed E-state index contributed by atoms with van der Waals surface area (Å²) in [5.41, 5.74) is 0.857. The smallest absolute Gasteiger partial charge is 0.225 e. The molecule has 0 saturated carbocycles. The quantitative estimate of drug-likeness (QED) is 0.462. The molecule has 2 atom stereocenters. The summed E-state index contributed by atoms with van der Waals surface area (Å²) in [4.78, 5) is 20.8. The molecular formula is C20H25BrN8O. The monoisotopic (exact) mass is 472 g/mol. The molecule has 1 aliphatic heterocycles. The molecule has 0 aliphatic carbocycles. The number of halogens is 1. The lowest BCUT2D eigenvalue weighted by Gasteiger charge is -2.22. The van der Waals surface area contributed by atoms with E-state index >= 15 is 0 Å². The van der Waals surface area contributed by atoms with Gasteiger partial charge in [-0.15, -0.1) is 5.10 Å². The molecule has 30 heavy (non-hydrogen) atoms. The van der Waals surface area contributed by atoms with Crippen molar-refractivity contribution in [2.45, 2.75) is 32.2 Å². The van der Waals surface area contributed by atoms with Crippen LogP contribution in [0.25, 0.3) is 10.9 Å². The number of nitrogens with one attached hydrogen (secondary N) is 3. The van der Waals surface area contributed by atoms with E-state index in [1.54, 1.807) is 10.9 Å². The first kappa shape index (κ1) is 20.5. The van der Waals surface area contributed by atoms with Gasteiger partial charge in [0.2, 0.25) is 11.9 Å². The van der Waals surface area contributed by atoms with Gasteiger partial charge in [-0.25, -0.2) is 9.67 Å². The first-order valence-electron chi connectivity index (χ1n) is 10.2. The van der Waals surface area contributed by atoms with Crippen LogP contribution in [0.15, 0.2) is 35.1 Å². The molecule has 1 fully saturated rings. The molecule has 0 radical (unpaired) electrons. The first-order valence-corrected chi connectivity index (χ1v) is 11.0. The number of amides is 1. The molecule has 0 bridgehead atoms. The molecule has 1 unspecified atom stereocenters. The number of hydrogen-bond donors (Lipinski definition) is 3. The van der Waals surface area contributed by atoms with Crippen LogP contribution in [0.1, 0.15) is 32.2 Å². The second-order valence-corrected chi connectivity index (χ2v) is 8.42. The summed E-state index contributed by atoms with van der Waals surface area (Å²) in [6.07, 6.45) is 6.04.